The van der Waals surface area contributed by atoms with Gasteiger partial charge in [0.05, 0.1) is 12.9 Å². The molecule has 19 heavy (non-hydrogen) atoms. The van der Waals surface area contributed by atoms with Crippen molar-refractivity contribution in [1.82, 2.24) is 5.32 Å². The molecule has 3 nitrogen and oxygen atoms in total. The number of benzene rings is 1. The van der Waals surface area contributed by atoms with Crippen LogP contribution in [0.4, 0.5) is 0 Å². The summed E-state index contributed by atoms with van der Waals surface area (Å²) in [5.41, 5.74) is 1.11. The Morgan fingerprint density at radius 2 is 2.11 bits per heavy atom. The van der Waals surface area contributed by atoms with Crippen LogP contribution in [0, 0.1) is 0 Å². The summed E-state index contributed by atoms with van der Waals surface area (Å²) in [7, 11) is 1.39. The maximum Gasteiger partial charge on any atom is 0.315 e. The molecule has 0 aromatic heterocycles. The third kappa shape index (κ3) is 6.32. The summed E-state index contributed by atoms with van der Waals surface area (Å²) in [5, 5.41) is 4.11. The fourth-order valence-corrected chi connectivity index (χ4v) is 2.40. The molecule has 1 rings (SSSR count). The van der Waals surface area contributed by atoms with Crippen LogP contribution >= 0.6 is 23.4 Å². The molecule has 0 saturated heterocycles. The number of carbonyl (C=O) groups excluding carboxylic acids is 1. The van der Waals surface area contributed by atoms with Gasteiger partial charge in [-0.15, -0.1) is 11.8 Å². The smallest absolute Gasteiger partial charge is 0.315 e. The molecule has 0 aliphatic heterocycles. The number of rotatable bonds is 5. The minimum Gasteiger partial charge on any atom is -0.468 e. The first kappa shape index (κ1) is 16.3. The van der Waals surface area contributed by atoms with Gasteiger partial charge in [0.25, 0.3) is 0 Å². The van der Waals surface area contributed by atoms with Gasteiger partial charge in [-0.1, -0.05) is 17.7 Å². The van der Waals surface area contributed by atoms with Crippen molar-refractivity contribution in [2.24, 2.45) is 0 Å². The quantitative estimate of drug-likeness (QED) is 0.667. The monoisotopic (exact) mass is 301 g/mol. The molecule has 0 saturated carbocycles. The first-order chi connectivity index (χ1) is 8.81. The van der Waals surface area contributed by atoms with Crippen LogP contribution in [-0.4, -0.2) is 24.4 Å². The Balaban J connectivity index is 2.61. The van der Waals surface area contributed by atoms with Gasteiger partial charge in [0, 0.05) is 22.0 Å². The van der Waals surface area contributed by atoms with Crippen molar-refractivity contribution in [3.8, 4) is 0 Å². The Labute approximate surface area is 124 Å². The topological polar surface area (TPSA) is 38.3 Å². The highest BCUT2D eigenvalue weighted by molar-refractivity contribution is 8.00. The van der Waals surface area contributed by atoms with Crippen LogP contribution in [0.15, 0.2) is 23.1 Å². The van der Waals surface area contributed by atoms with E-state index in [2.05, 4.69) is 30.8 Å². The van der Waals surface area contributed by atoms with E-state index in [1.54, 1.807) is 0 Å². The summed E-state index contributed by atoms with van der Waals surface area (Å²) >= 11 is 7.66. The van der Waals surface area contributed by atoms with Crippen LogP contribution < -0.4 is 5.32 Å². The van der Waals surface area contributed by atoms with Crippen molar-refractivity contribution >= 4 is 29.3 Å². The highest BCUT2D eigenvalue weighted by Crippen LogP contribution is 2.25. The molecule has 0 aliphatic carbocycles. The van der Waals surface area contributed by atoms with Crippen LogP contribution in [0.3, 0.4) is 0 Å². The number of carbonyl (C=O) groups is 1. The van der Waals surface area contributed by atoms with E-state index in [1.165, 1.54) is 18.9 Å². The van der Waals surface area contributed by atoms with Crippen LogP contribution in [0.25, 0.3) is 0 Å². The molecule has 0 fully saturated rings. The third-order valence-corrected chi connectivity index (χ3v) is 3.74. The lowest BCUT2D eigenvalue weighted by Crippen LogP contribution is -2.35. The molecule has 1 aromatic rings. The predicted molar refractivity (Wildman–Crippen MR) is 80.8 cm³/mol. The molecule has 0 bridgehead atoms. The fraction of sp³-hybridized carbons (Fsp3) is 0.500. The zero-order chi connectivity index (χ0) is 14.5. The van der Waals surface area contributed by atoms with E-state index in [9.17, 15) is 4.79 Å². The van der Waals surface area contributed by atoms with E-state index in [4.69, 9.17) is 11.6 Å². The molecule has 1 N–H and O–H groups in total. The molecule has 0 amide bonds. The Kier molecular flexibility index (Phi) is 6.17. The fourth-order valence-electron chi connectivity index (χ4n) is 1.32. The lowest BCUT2D eigenvalue weighted by Gasteiger charge is -2.21. The van der Waals surface area contributed by atoms with E-state index < -0.39 is 0 Å². The van der Waals surface area contributed by atoms with Gasteiger partial charge in [0.15, 0.2) is 0 Å². The second-order valence-corrected chi connectivity index (χ2v) is 6.68. The summed E-state index contributed by atoms with van der Waals surface area (Å²) in [6.45, 7) is 7.06. The Hall–Kier alpha value is -0.710. The Morgan fingerprint density at radius 3 is 2.63 bits per heavy atom. The van der Waals surface area contributed by atoms with Gasteiger partial charge < -0.3 is 10.1 Å². The normalized spacial score (nSPS) is 11.4. The number of nitrogens with one attached hydrogen (secondary N) is 1. The van der Waals surface area contributed by atoms with Crippen molar-refractivity contribution in [2.45, 2.75) is 37.8 Å². The molecule has 5 heteroatoms. The second kappa shape index (κ2) is 7.17. The van der Waals surface area contributed by atoms with Gasteiger partial charge in [-0.25, -0.2) is 0 Å². The van der Waals surface area contributed by atoms with Crippen molar-refractivity contribution in [2.75, 3.05) is 12.9 Å². The minimum atomic E-state index is -0.236. The minimum absolute atomic E-state index is 0.0572. The summed E-state index contributed by atoms with van der Waals surface area (Å²) in [5.74, 6) is 0.0615. The third-order valence-electron chi connectivity index (χ3n) is 2.42. The molecule has 0 spiro atoms. The van der Waals surface area contributed by atoms with E-state index in [1.807, 2.05) is 18.2 Å². The molecule has 0 unspecified atom stereocenters. The SMILES string of the molecule is COC(=O)CSc1ccc(CNC(C)(C)C)c(Cl)c1. The van der Waals surface area contributed by atoms with Crippen molar-refractivity contribution in [3.63, 3.8) is 0 Å². The van der Waals surface area contributed by atoms with Crippen molar-refractivity contribution < 1.29 is 9.53 Å². The highest BCUT2D eigenvalue weighted by atomic mass is 35.5. The van der Waals surface area contributed by atoms with E-state index in [0.29, 0.717) is 10.8 Å². The molecule has 106 valence electrons. The molecule has 1 aromatic carbocycles. The number of thioether (sulfide) groups is 1. The molecular weight excluding hydrogens is 282 g/mol. The summed E-state index contributed by atoms with van der Waals surface area (Å²) in [6, 6.07) is 5.84. The van der Waals surface area contributed by atoms with Gasteiger partial charge in [-0.05, 0) is 38.5 Å². The molecule has 0 atom stereocenters. The highest BCUT2D eigenvalue weighted by Gasteiger charge is 2.10. The average molecular weight is 302 g/mol. The van der Waals surface area contributed by atoms with E-state index >= 15 is 0 Å². The Morgan fingerprint density at radius 1 is 1.42 bits per heavy atom. The lowest BCUT2D eigenvalue weighted by atomic mass is 10.1. The predicted octanol–water partition coefficient (Wildman–Crippen LogP) is 3.49. The molecule has 0 heterocycles. The molecule has 0 aliphatic rings. The maximum absolute atomic E-state index is 11.1. The number of methoxy groups -OCH3 is 1. The van der Waals surface area contributed by atoms with Crippen LogP contribution in [0.5, 0.6) is 0 Å². The van der Waals surface area contributed by atoms with E-state index in [-0.39, 0.29) is 11.5 Å². The summed E-state index contributed by atoms with van der Waals surface area (Å²) in [6.07, 6.45) is 0. The van der Waals surface area contributed by atoms with Crippen LogP contribution in [0.2, 0.25) is 5.02 Å². The average Bonchev–Trinajstić information content (AvgIpc) is 2.33. The zero-order valence-corrected chi connectivity index (χ0v) is 13.3. The number of esters is 1. The first-order valence-corrected chi connectivity index (χ1v) is 7.41. The van der Waals surface area contributed by atoms with Gasteiger partial charge in [-0.3, -0.25) is 4.79 Å². The van der Waals surface area contributed by atoms with E-state index in [0.717, 1.165) is 17.0 Å². The summed E-state index contributed by atoms with van der Waals surface area (Å²) < 4.78 is 4.60. The van der Waals surface area contributed by atoms with Crippen LogP contribution in [-0.2, 0) is 16.1 Å². The van der Waals surface area contributed by atoms with Gasteiger partial charge in [0.2, 0.25) is 0 Å². The van der Waals surface area contributed by atoms with Gasteiger partial charge >= 0.3 is 5.97 Å². The standard InChI is InChI=1S/C14H20ClNO2S/c1-14(2,3)16-8-10-5-6-11(7-12(10)15)19-9-13(17)18-4/h5-7,16H,8-9H2,1-4H3. The summed E-state index contributed by atoms with van der Waals surface area (Å²) in [4.78, 5) is 12.0. The van der Waals surface area contributed by atoms with Crippen LogP contribution in [0.1, 0.15) is 26.3 Å². The second-order valence-electron chi connectivity index (χ2n) is 5.22. The van der Waals surface area contributed by atoms with Crippen molar-refractivity contribution in [1.29, 1.82) is 0 Å². The van der Waals surface area contributed by atoms with Crippen molar-refractivity contribution in [3.05, 3.63) is 28.8 Å². The number of hydrogen-bond donors (Lipinski definition) is 1. The largest absolute Gasteiger partial charge is 0.468 e. The number of hydrogen-bond acceptors (Lipinski definition) is 4. The Bertz CT molecular complexity index is 444. The molecule has 0 radical (unpaired) electrons. The zero-order valence-electron chi connectivity index (χ0n) is 11.7. The molecular formula is C14H20ClNO2S. The lowest BCUT2D eigenvalue weighted by molar-refractivity contribution is -0.137. The van der Waals surface area contributed by atoms with Gasteiger partial charge in [-0.2, -0.15) is 0 Å². The number of halogens is 1. The maximum atomic E-state index is 11.1. The number of ether oxygens (including phenoxy) is 1. The van der Waals surface area contributed by atoms with Gasteiger partial charge in [0.1, 0.15) is 0 Å². The first-order valence-electron chi connectivity index (χ1n) is 6.05.